The average Bonchev–Trinajstić information content (AvgIpc) is 3.09. The molecule has 0 fully saturated rings. The van der Waals surface area contributed by atoms with Crippen molar-refractivity contribution in [1.82, 2.24) is 9.97 Å². The van der Waals surface area contributed by atoms with Gasteiger partial charge in [-0.25, -0.2) is 9.97 Å². The predicted molar refractivity (Wildman–Crippen MR) is 115 cm³/mol. The van der Waals surface area contributed by atoms with Crippen LogP contribution in [-0.2, 0) is 0 Å². The predicted octanol–water partition coefficient (Wildman–Crippen LogP) is 6.54. The number of benzene rings is 2. The summed E-state index contributed by atoms with van der Waals surface area (Å²) in [6.45, 7) is 0. The second kappa shape index (κ2) is 7.34. The Bertz CT molecular complexity index is 1160. The number of thiophene rings is 1. The molecular formula is C18H10Br2N4O2S. The molecule has 4 rings (SSSR count). The van der Waals surface area contributed by atoms with Crippen molar-refractivity contribution >= 4 is 70.6 Å². The van der Waals surface area contributed by atoms with Crippen LogP contribution in [0.3, 0.4) is 0 Å². The number of nitrogens with zero attached hydrogens (tertiary/aromatic N) is 3. The molecule has 0 saturated carbocycles. The lowest BCUT2D eigenvalue weighted by molar-refractivity contribution is -0.384. The van der Waals surface area contributed by atoms with Gasteiger partial charge in [0.05, 0.1) is 16.0 Å². The van der Waals surface area contributed by atoms with Crippen molar-refractivity contribution in [2.45, 2.75) is 0 Å². The summed E-state index contributed by atoms with van der Waals surface area (Å²) in [5.41, 5.74) is 2.62. The molecule has 0 spiro atoms. The monoisotopic (exact) mass is 504 g/mol. The minimum atomic E-state index is -0.426. The standard InChI is InChI=1S/C18H10Br2N4O2S/c19-11-3-1-10(2-4-11)13-8-27-18-16(13)17(21-9-22-18)23-15-7-12(24(25)26)5-6-14(15)20/h1-9H,(H,21,22,23). The fraction of sp³-hybridized carbons (Fsp3) is 0. The molecule has 9 heteroatoms. The van der Waals surface area contributed by atoms with Crippen LogP contribution in [0.4, 0.5) is 17.2 Å². The van der Waals surface area contributed by atoms with Crippen LogP contribution in [0, 0.1) is 10.1 Å². The van der Waals surface area contributed by atoms with E-state index < -0.39 is 4.92 Å². The number of nitro groups is 1. The Morgan fingerprint density at radius 1 is 1.07 bits per heavy atom. The van der Waals surface area contributed by atoms with Crippen molar-refractivity contribution in [2.24, 2.45) is 0 Å². The molecule has 2 aromatic heterocycles. The molecule has 0 aliphatic heterocycles. The third-order valence-electron chi connectivity index (χ3n) is 3.94. The Kier molecular flexibility index (Phi) is 4.90. The van der Waals surface area contributed by atoms with E-state index in [-0.39, 0.29) is 5.69 Å². The van der Waals surface area contributed by atoms with E-state index >= 15 is 0 Å². The summed E-state index contributed by atoms with van der Waals surface area (Å²) in [6, 6.07) is 12.6. The number of hydrogen-bond donors (Lipinski definition) is 1. The fourth-order valence-electron chi connectivity index (χ4n) is 2.66. The summed E-state index contributed by atoms with van der Waals surface area (Å²) in [4.78, 5) is 20.2. The molecule has 0 bridgehead atoms. The van der Waals surface area contributed by atoms with E-state index in [0.717, 1.165) is 25.8 Å². The minimum Gasteiger partial charge on any atom is -0.338 e. The van der Waals surface area contributed by atoms with Crippen molar-refractivity contribution in [1.29, 1.82) is 0 Å². The first kappa shape index (κ1) is 18.0. The van der Waals surface area contributed by atoms with Crippen molar-refractivity contribution < 1.29 is 4.92 Å². The van der Waals surface area contributed by atoms with Crippen LogP contribution < -0.4 is 5.32 Å². The maximum atomic E-state index is 11.1. The van der Waals surface area contributed by atoms with Gasteiger partial charge in [-0.1, -0.05) is 28.1 Å². The molecule has 2 aromatic carbocycles. The molecule has 0 amide bonds. The summed E-state index contributed by atoms with van der Waals surface area (Å²) in [5, 5.41) is 17.2. The lowest BCUT2D eigenvalue weighted by Gasteiger charge is -2.10. The van der Waals surface area contributed by atoms with Gasteiger partial charge in [-0.15, -0.1) is 11.3 Å². The number of rotatable bonds is 4. The lowest BCUT2D eigenvalue weighted by Crippen LogP contribution is -1.98. The number of fused-ring (bicyclic) bond motifs is 1. The van der Waals surface area contributed by atoms with E-state index in [0.29, 0.717) is 16.0 Å². The second-order valence-corrected chi connectivity index (χ2v) is 8.23. The number of nitro benzene ring substituents is 1. The second-order valence-electron chi connectivity index (χ2n) is 5.60. The topological polar surface area (TPSA) is 81.0 Å². The van der Waals surface area contributed by atoms with Gasteiger partial charge in [0.1, 0.15) is 17.0 Å². The van der Waals surface area contributed by atoms with Gasteiger partial charge in [0.25, 0.3) is 5.69 Å². The SMILES string of the molecule is O=[N+]([O-])c1ccc(Br)c(Nc2ncnc3scc(-c4ccc(Br)cc4)c23)c1. The van der Waals surface area contributed by atoms with Gasteiger partial charge in [-0.2, -0.15) is 0 Å². The number of hydrogen-bond acceptors (Lipinski definition) is 6. The molecule has 1 N–H and O–H groups in total. The van der Waals surface area contributed by atoms with Gasteiger partial charge in [0.15, 0.2) is 0 Å². The van der Waals surface area contributed by atoms with Gasteiger partial charge in [-0.3, -0.25) is 10.1 Å². The molecule has 6 nitrogen and oxygen atoms in total. The van der Waals surface area contributed by atoms with Crippen molar-refractivity contribution in [3.05, 3.63) is 73.2 Å². The van der Waals surface area contributed by atoms with Gasteiger partial charge in [0.2, 0.25) is 0 Å². The van der Waals surface area contributed by atoms with E-state index in [1.165, 1.54) is 29.8 Å². The van der Waals surface area contributed by atoms with Crippen LogP contribution in [-0.4, -0.2) is 14.9 Å². The van der Waals surface area contributed by atoms with Crippen molar-refractivity contribution in [3.63, 3.8) is 0 Å². The Morgan fingerprint density at radius 3 is 2.59 bits per heavy atom. The number of non-ortho nitro benzene ring substituents is 1. The zero-order valence-electron chi connectivity index (χ0n) is 13.5. The van der Waals surface area contributed by atoms with Crippen LogP contribution in [0.1, 0.15) is 0 Å². The van der Waals surface area contributed by atoms with Gasteiger partial charge < -0.3 is 5.32 Å². The molecule has 0 atom stereocenters. The van der Waals surface area contributed by atoms with E-state index in [2.05, 4.69) is 47.1 Å². The van der Waals surface area contributed by atoms with Crippen LogP contribution in [0.2, 0.25) is 0 Å². The maximum absolute atomic E-state index is 11.1. The highest BCUT2D eigenvalue weighted by atomic mass is 79.9. The largest absolute Gasteiger partial charge is 0.338 e. The minimum absolute atomic E-state index is 0.00412. The number of aromatic nitrogens is 2. The zero-order valence-corrected chi connectivity index (χ0v) is 17.5. The van der Waals surface area contributed by atoms with E-state index in [1.54, 1.807) is 6.07 Å². The third-order valence-corrected chi connectivity index (χ3v) is 6.05. The molecule has 2 heterocycles. The molecule has 0 radical (unpaired) electrons. The lowest BCUT2D eigenvalue weighted by atomic mass is 10.1. The average molecular weight is 506 g/mol. The van der Waals surface area contributed by atoms with E-state index in [4.69, 9.17) is 0 Å². The summed E-state index contributed by atoms with van der Waals surface area (Å²) in [5.74, 6) is 0.598. The van der Waals surface area contributed by atoms with Crippen molar-refractivity contribution in [2.75, 3.05) is 5.32 Å². The van der Waals surface area contributed by atoms with Gasteiger partial charge >= 0.3 is 0 Å². The number of halogens is 2. The highest BCUT2D eigenvalue weighted by molar-refractivity contribution is 9.10. The van der Waals surface area contributed by atoms with Crippen molar-refractivity contribution in [3.8, 4) is 11.1 Å². The summed E-state index contributed by atoms with van der Waals surface area (Å²) in [6.07, 6.45) is 1.48. The molecule has 0 saturated heterocycles. The van der Waals surface area contributed by atoms with Crippen LogP contribution in [0.15, 0.2) is 63.1 Å². The Labute approximate surface area is 174 Å². The van der Waals surface area contributed by atoms with Gasteiger partial charge in [0, 0.05) is 32.0 Å². The van der Waals surface area contributed by atoms with Crippen LogP contribution in [0.25, 0.3) is 21.3 Å². The first-order valence-electron chi connectivity index (χ1n) is 7.72. The zero-order chi connectivity index (χ0) is 19.0. The third kappa shape index (κ3) is 3.58. The molecule has 134 valence electrons. The summed E-state index contributed by atoms with van der Waals surface area (Å²) < 4.78 is 1.71. The highest BCUT2D eigenvalue weighted by Gasteiger charge is 2.16. The maximum Gasteiger partial charge on any atom is 0.271 e. The first-order chi connectivity index (χ1) is 13.0. The highest BCUT2D eigenvalue weighted by Crippen LogP contribution is 2.39. The van der Waals surface area contributed by atoms with E-state index in [9.17, 15) is 10.1 Å². The van der Waals surface area contributed by atoms with Gasteiger partial charge in [-0.05, 0) is 39.7 Å². The number of anilines is 2. The Hall–Kier alpha value is -2.36. The Morgan fingerprint density at radius 2 is 1.85 bits per heavy atom. The summed E-state index contributed by atoms with van der Waals surface area (Å²) >= 11 is 8.41. The molecule has 27 heavy (non-hydrogen) atoms. The molecule has 0 aliphatic carbocycles. The summed E-state index contributed by atoms with van der Waals surface area (Å²) in [7, 11) is 0. The quantitative estimate of drug-likeness (QED) is 0.251. The first-order valence-corrected chi connectivity index (χ1v) is 10.2. The molecule has 4 aromatic rings. The van der Waals surface area contributed by atoms with Crippen LogP contribution >= 0.6 is 43.2 Å². The molecule has 0 aliphatic rings. The number of nitrogens with one attached hydrogen (secondary N) is 1. The molecular weight excluding hydrogens is 496 g/mol. The normalized spacial score (nSPS) is 10.9. The smallest absolute Gasteiger partial charge is 0.271 e. The molecule has 0 unspecified atom stereocenters. The Balaban J connectivity index is 1.83. The van der Waals surface area contributed by atoms with Crippen LogP contribution in [0.5, 0.6) is 0 Å². The fourth-order valence-corrected chi connectivity index (χ4v) is 4.19. The van der Waals surface area contributed by atoms with E-state index in [1.807, 2.05) is 29.6 Å².